The fourth-order valence-electron chi connectivity index (χ4n) is 3.59. The van der Waals surface area contributed by atoms with Gasteiger partial charge in [0.15, 0.2) is 11.5 Å². The molecule has 2 aromatic carbocycles. The van der Waals surface area contributed by atoms with Crippen molar-refractivity contribution in [2.75, 3.05) is 19.9 Å². The zero-order chi connectivity index (χ0) is 16.4. The van der Waals surface area contributed by atoms with Gasteiger partial charge in [0.05, 0.1) is 0 Å². The van der Waals surface area contributed by atoms with Gasteiger partial charge in [0.1, 0.15) is 0 Å². The molecular formula is C20H24N2O2. The highest BCUT2D eigenvalue weighted by atomic mass is 16.7. The minimum absolute atomic E-state index is 0.307. The van der Waals surface area contributed by atoms with Crippen molar-refractivity contribution < 1.29 is 9.47 Å². The molecule has 0 amide bonds. The Balaban J connectivity index is 1.33. The highest BCUT2D eigenvalue weighted by Gasteiger charge is 2.24. The molecule has 2 heterocycles. The van der Waals surface area contributed by atoms with E-state index >= 15 is 0 Å². The van der Waals surface area contributed by atoms with Crippen LogP contribution in [0.1, 0.15) is 30.5 Å². The Labute approximate surface area is 143 Å². The molecule has 2 aliphatic heterocycles. The molecule has 1 N–H and O–H groups in total. The molecule has 2 aromatic rings. The van der Waals surface area contributed by atoms with Crippen molar-refractivity contribution >= 4 is 0 Å². The van der Waals surface area contributed by atoms with Gasteiger partial charge >= 0.3 is 0 Å². The number of rotatable bonds is 5. The van der Waals surface area contributed by atoms with E-state index in [9.17, 15) is 0 Å². The van der Waals surface area contributed by atoms with Crippen LogP contribution in [-0.2, 0) is 6.54 Å². The Bertz CT molecular complexity index is 689. The summed E-state index contributed by atoms with van der Waals surface area (Å²) in [6.45, 7) is 5.84. The van der Waals surface area contributed by atoms with Gasteiger partial charge in [0.25, 0.3) is 0 Å². The van der Waals surface area contributed by atoms with Gasteiger partial charge in [-0.2, -0.15) is 0 Å². The lowest BCUT2D eigenvalue weighted by Gasteiger charge is -2.21. The third-order valence-electron chi connectivity index (χ3n) is 4.90. The van der Waals surface area contributed by atoms with Gasteiger partial charge in [0, 0.05) is 31.7 Å². The largest absolute Gasteiger partial charge is 0.454 e. The third kappa shape index (κ3) is 3.40. The molecule has 24 heavy (non-hydrogen) atoms. The quantitative estimate of drug-likeness (QED) is 0.914. The fourth-order valence-corrected chi connectivity index (χ4v) is 3.59. The predicted molar refractivity (Wildman–Crippen MR) is 94.2 cm³/mol. The highest BCUT2D eigenvalue weighted by Crippen LogP contribution is 2.34. The lowest BCUT2D eigenvalue weighted by atomic mass is 10.1. The lowest BCUT2D eigenvalue weighted by Crippen LogP contribution is -2.34. The Morgan fingerprint density at radius 1 is 1.12 bits per heavy atom. The molecule has 1 fully saturated rings. The smallest absolute Gasteiger partial charge is 0.231 e. The minimum Gasteiger partial charge on any atom is -0.454 e. The van der Waals surface area contributed by atoms with Gasteiger partial charge in [-0.1, -0.05) is 36.4 Å². The maximum absolute atomic E-state index is 5.48. The molecule has 0 saturated carbocycles. The molecule has 4 heteroatoms. The summed E-state index contributed by atoms with van der Waals surface area (Å²) in [6.07, 6.45) is 1.20. The zero-order valence-electron chi connectivity index (χ0n) is 14.1. The van der Waals surface area contributed by atoms with Crippen molar-refractivity contribution in [3.63, 3.8) is 0 Å². The van der Waals surface area contributed by atoms with E-state index < -0.39 is 0 Å². The molecular weight excluding hydrogens is 300 g/mol. The summed E-state index contributed by atoms with van der Waals surface area (Å²) in [5.74, 6) is 1.71. The zero-order valence-corrected chi connectivity index (χ0v) is 14.1. The summed E-state index contributed by atoms with van der Waals surface area (Å²) in [4.78, 5) is 2.53. The van der Waals surface area contributed by atoms with E-state index in [0.717, 1.165) is 31.1 Å². The number of nitrogens with zero attached hydrogens (tertiary/aromatic N) is 1. The van der Waals surface area contributed by atoms with E-state index in [4.69, 9.17) is 9.47 Å². The first kappa shape index (κ1) is 15.5. The lowest BCUT2D eigenvalue weighted by molar-refractivity contribution is 0.174. The third-order valence-corrected chi connectivity index (χ3v) is 4.90. The summed E-state index contributed by atoms with van der Waals surface area (Å²) >= 11 is 0. The molecule has 0 bridgehead atoms. The molecule has 4 nitrogen and oxygen atoms in total. The molecule has 0 aromatic heterocycles. The standard InChI is InChI=1S/C20H24N2O2/c1-15(17-7-8-19-20(11-17)24-14-23-19)21-18-9-10-22(13-18)12-16-5-3-2-4-6-16/h2-8,11,15,18,21H,9-10,12-14H2,1H3. The monoisotopic (exact) mass is 324 g/mol. The van der Waals surface area contributed by atoms with Crippen LogP contribution < -0.4 is 14.8 Å². The first-order valence-corrected chi connectivity index (χ1v) is 8.70. The van der Waals surface area contributed by atoms with Gasteiger partial charge in [-0.05, 0) is 36.6 Å². The van der Waals surface area contributed by atoms with Crippen molar-refractivity contribution in [1.29, 1.82) is 0 Å². The predicted octanol–water partition coefficient (Wildman–Crippen LogP) is 3.34. The van der Waals surface area contributed by atoms with Gasteiger partial charge in [-0.15, -0.1) is 0 Å². The first-order valence-electron chi connectivity index (χ1n) is 8.70. The van der Waals surface area contributed by atoms with Crippen LogP contribution in [0.4, 0.5) is 0 Å². The van der Waals surface area contributed by atoms with Crippen LogP contribution in [0.3, 0.4) is 0 Å². The number of likely N-dealkylation sites (tertiary alicyclic amines) is 1. The minimum atomic E-state index is 0.307. The van der Waals surface area contributed by atoms with E-state index in [1.807, 2.05) is 6.07 Å². The second-order valence-electron chi connectivity index (χ2n) is 6.71. The van der Waals surface area contributed by atoms with Crippen LogP contribution in [-0.4, -0.2) is 30.8 Å². The molecule has 4 rings (SSSR count). The first-order chi connectivity index (χ1) is 11.8. The van der Waals surface area contributed by atoms with Gasteiger partial charge in [0.2, 0.25) is 6.79 Å². The number of nitrogens with one attached hydrogen (secondary N) is 1. The molecule has 0 aliphatic carbocycles. The molecule has 0 spiro atoms. The molecule has 0 radical (unpaired) electrons. The Morgan fingerprint density at radius 3 is 2.83 bits per heavy atom. The van der Waals surface area contributed by atoms with Crippen LogP contribution in [0.15, 0.2) is 48.5 Å². The summed E-state index contributed by atoms with van der Waals surface area (Å²) in [5.41, 5.74) is 2.64. The molecule has 2 atom stereocenters. The Hall–Kier alpha value is -2.04. The van der Waals surface area contributed by atoms with Crippen LogP contribution in [0.5, 0.6) is 11.5 Å². The van der Waals surface area contributed by atoms with Crippen molar-refractivity contribution in [3.8, 4) is 11.5 Å². The number of ether oxygens (including phenoxy) is 2. The van der Waals surface area contributed by atoms with Gasteiger partial charge in [-0.25, -0.2) is 0 Å². The van der Waals surface area contributed by atoms with Crippen LogP contribution in [0.25, 0.3) is 0 Å². The normalized spacial score (nSPS) is 21.1. The van der Waals surface area contributed by atoms with Gasteiger partial charge in [-0.3, -0.25) is 4.90 Å². The second-order valence-corrected chi connectivity index (χ2v) is 6.71. The van der Waals surface area contributed by atoms with Crippen LogP contribution >= 0.6 is 0 Å². The van der Waals surface area contributed by atoms with Crippen molar-refractivity contribution in [2.24, 2.45) is 0 Å². The second kappa shape index (κ2) is 6.83. The van der Waals surface area contributed by atoms with E-state index in [1.54, 1.807) is 0 Å². The molecule has 1 saturated heterocycles. The van der Waals surface area contributed by atoms with E-state index in [-0.39, 0.29) is 0 Å². The number of fused-ring (bicyclic) bond motifs is 1. The number of benzene rings is 2. The Kier molecular flexibility index (Phi) is 4.41. The van der Waals surface area contributed by atoms with Crippen molar-refractivity contribution in [1.82, 2.24) is 10.2 Å². The number of hydrogen-bond acceptors (Lipinski definition) is 4. The summed E-state index contributed by atoms with van der Waals surface area (Å²) in [5, 5.41) is 3.76. The topological polar surface area (TPSA) is 33.7 Å². The number of hydrogen-bond donors (Lipinski definition) is 1. The van der Waals surface area contributed by atoms with E-state index in [1.165, 1.54) is 17.5 Å². The maximum atomic E-state index is 5.48. The SMILES string of the molecule is CC(NC1CCN(Cc2ccccc2)C1)c1ccc2c(c1)OCO2. The fraction of sp³-hybridized carbons (Fsp3) is 0.400. The Morgan fingerprint density at radius 2 is 1.96 bits per heavy atom. The average molecular weight is 324 g/mol. The summed E-state index contributed by atoms with van der Waals surface area (Å²) < 4.78 is 10.9. The van der Waals surface area contributed by atoms with E-state index in [0.29, 0.717) is 18.9 Å². The maximum Gasteiger partial charge on any atom is 0.231 e. The average Bonchev–Trinajstić information content (AvgIpc) is 3.24. The molecule has 2 unspecified atom stereocenters. The summed E-state index contributed by atoms with van der Waals surface area (Å²) in [7, 11) is 0. The van der Waals surface area contributed by atoms with Gasteiger partial charge < -0.3 is 14.8 Å². The van der Waals surface area contributed by atoms with Crippen molar-refractivity contribution in [2.45, 2.75) is 32.0 Å². The highest BCUT2D eigenvalue weighted by molar-refractivity contribution is 5.45. The molecule has 2 aliphatic rings. The molecule has 126 valence electrons. The van der Waals surface area contributed by atoms with Crippen molar-refractivity contribution in [3.05, 3.63) is 59.7 Å². The van der Waals surface area contributed by atoms with E-state index in [2.05, 4.69) is 59.6 Å². The summed E-state index contributed by atoms with van der Waals surface area (Å²) in [6, 6.07) is 17.8. The van der Waals surface area contributed by atoms with Crippen LogP contribution in [0, 0.1) is 0 Å². The van der Waals surface area contributed by atoms with Crippen LogP contribution in [0.2, 0.25) is 0 Å².